The lowest BCUT2D eigenvalue weighted by Gasteiger charge is -2.25. The number of hydrogen-bond acceptors (Lipinski definition) is 2. The molecule has 0 N–H and O–H groups in total. The highest BCUT2D eigenvalue weighted by atomic mass is 15.6. The molecule has 0 amide bonds. The van der Waals surface area contributed by atoms with Crippen molar-refractivity contribution in [2.45, 2.75) is 39.8 Å². The normalized spacial score (nSPS) is 12.1. The molecule has 92 valence electrons. The maximum Gasteiger partial charge on any atom is 0.0518 e. The maximum atomic E-state index is 4.21. The summed E-state index contributed by atoms with van der Waals surface area (Å²) in [7, 11) is 0. The van der Waals surface area contributed by atoms with Crippen LogP contribution in [0.1, 0.15) is 33.3 Å². The molecule has 0 fully saturated rings. The van der Waals surface area contributed by atoms with Gasteiger partial charge < -0.3 is 0 Å². The summed E-state index contributed by atoms with van der Waals surface area (Å²) >= 11 is 0. The Morgan fingerprint density at radius 3 is 2.12 bits per heavy atom. The molecule has 1 rings (SSSR count). The van der Waals surface area contributed by atoms with E-state index in [0.29, 0.717) is 12.1 Å². The van der Waals surface area contributed by atoms with Crippen LogP contribution >= 0.6 is 0 Å². The first-order chi connectivity index (χ1) is 8.11. The number of hydrogen-bond donors (Lipinski definition) is 0. The molecular formula is C14H21N3. The molecule has 0 aliphatic rings. The summed E-state index contributed by atoms with van der Waals surface area (Å²) in [4.78, 5) is 0. The predicted molar refractivity (Wildman–Crippen MR) is 72.4 cm³/mol. The van der Waals surface area contributed by atoms with Crippen molar-refractivity contribution < 1.29 is 0 Å². The van der Waals surface area contributed by atoms with E-state index in [4.69, 9.17) is 0 Å². The molecule has 0 aliphatic heterocycles. The predicted octanol–water partition coefficient (Wildman–Crippen LogP) is 4.14. The fourth-order valence-corrected chi connectivity index (χ4v) is 1.58. The summed E-state index contributed by atoms with van der Waals surface area (Å²) in [5.41, 5.74) is 1.13. The van der Waals surface area contributed by atoms with Gasteiger partial charge >= 0.3 is 0 Å². The van der Waals surface area contributed by atoms with Crippen molar-refractivity contribution in [3.63, 3.8) is 0 Å². The van der Waals surface area contributed by atoms with Gasteiger partial charge in [-0.1, -0.05) is 35.6 Å². The van der Waals surface area contributed by atoms with Crippen LogP contribution in [0.2, 0.25) is 0 Å². The van der Waals surface area contributed by atoms with Crippen molar-refractivity contribution in [3.05, 3.63) is 42.1 Å². The van der Waals surface area contributed by atoms with E-state index in [-0.39, 0.29) is 0 Å². The van der Waals surface area contributed by atoms with Gasteiger partial charge in [0, 0.05) is 12.1 Å². The quantitative estimate of drug-likeness (QED) is 0.553. The summed E-state index contributed by atoms with van der Waals surface area (Å²) < 4.78 is 0. The topological polar surface area (TPSA) is 28.0 Å². The van der Waals surface area contributed by atoms with Gasteiger partial charge in [0.1, 0.15) is 0 Å². The molecule has 0 aliphatic carbocycles. The minimum Gasteiger partial charge on any atom is -0.274 e. The lowest BCUT2D eigenvalue weighted by atomic mass is 10.2. The van der Waals surface area contributed by atoms with Crippen molar-refractivity contribution >= 4 is 6.08 Å². The van der Waals surface area contributed by atoms with Crippen molar-refractivity contribution in [1.29, 1.82) is 0 Å². The largest absolute Gasteiger partial charge is 0.274 e. The molecule has 0 unspecified atom stereocenters. The van der Waals surface area contributed by atoms with E-state index in [9.17, 15) is 0 Å². The summed E-state index contributed by atoms with van der Waals surface area (Å²) in [5, 5.41) is 10.3. The highest BCUT2D eigenvalue weighted by Crippen LogP contribution is 2.06. The smallest absolute Gasteiger partial charge is 0.0518 e. The van der Waals surface area contributed by atoms with Gasteiger partial charge in [-0.3, -0.25) is 5.01 Å². The average molecular weight is 231 g/mol. The van der Waals surface area contributed by atoms with E-state index in [1.165, 1.54) is 0 Å². The fourth-order valence-electron chi connectivity index (χ4n) is 1.58. The number of nitrogens with zero attached hydrogens (tertiary/aromatic N) is 3. The van der Waals surface area contributed by atoms with Crippen LogP contribution in [0.4, 0.5) is 0 Å². The van der Waals surface area contributed by atoms with E-state index in [2.05, 4.69) is 38.0 Å². The molecule has 0 saturated carbocycles. The first-order valence-electron chi connectivity index (χ1n) is 6.02. The maximum absolute atomic E-state index is 4.21. The molecule has 3 heteroatoms. The third-order valence-corrected chi connectivity index (χ3v) is 2.35. The third kappa shape index (κ3) is 4.81. The van der Waals surface area contributed by atoms with Crippen molar-refractivity contribution in [1.82, 2.24) is 5.01 Å². The summed E-state index contributed by atoms with van der Waals surface area (Å²) in [6, 6.07) is 10.8. The Labute approximate surface area is 104 Å². The van der Waals surface area contributed by atoms with Crippen LogP contribution in [0, 0.1) is 0 Å². The average Bonchev–Trinajstić information content (AvgIpc) is 2.29. The molecule has 17 heavy (non-hydrogen) atoms. The summed E-state index contributed by atoms with van der Waals surface area (Å²) in [5.74, 6) is 0. The lowest BCUT2D eigenvalue weighted by Crippen LogP contribution is -2.31. The molecule has 1 aromatic carbocycles. The van der Waals surface area contributed by atoms with Gasteiger partial charge in [-0.2, -0.15) is 0 Å². The first kappa shape index (κ1) is 13.4. The van der Waals surface area contributed by atoms with E-state index >= 15 is 0 Å². The van der Waals surface area contributed by atoms with Gasteiger partial charge in [-0.05, 0) is 39.3 Å². The molecule has 0 aromatic heterocycles. The van der Waals surface area contributed by atoms with Gasteiger partial charge in [0.15, 0.2) is 0 Å². The molecule has 0 heterocycles. The van der Waals surface area contributed by atoms with Gasteiger partial charge in [-0.25, -0.2) is 0 Å². The minimum atomic E-state index is 0.365. The SMILES string of the molecule is CC(C)N(N=NC=Cc1ccccc1)C(C)C. The highest BCUT2D eigenvalue weighted by molar-refractivity contribution is 5.48. The zero-order valence-corrected chi connectivity index (χ0v) is 11.0. The standard InChI is InChI=1S/C14H21N3/c1-12(2)17(13(3)4)16-15-11-10-14-8-6-5-7-9-14/h5-13H,1-4H3. The zero-order chi connectivity index (χ0) is 12.7. The Morgan fingerprint density at radius 2 is 1.59 bits per heavy atom. The molecule has 0 radical (unpaired) electrons. The number of rotatable bonds is 5. The monoisotopic (exact) mass is 231 g/mol. The van der Waals surface area contributed by atoms with Crippen LogP contribution in [0.25, 0.3) is 6.08 Å². The molecule has 0 spiro atoms. The number of benzene rings is 1. The second kappa shape index (κ2) is 6.84. The second-order valence-corrected chi connectivity index (χ2v) is 4.50. The molecular weight excluding hydrogens is 210 g/mol. The summed E-state index contributed by atoms with van der Waals surface area (Å²) in [6.45, 7) is 8.44. The second-order valence-electron chi connectivity index (χ2n) is 4.50. The Balaban J connectivity index is 2.57. The molecule has 0 atom stereocenters. The summed E-state index contributed by atoms with van der Waals surface area (Å²) in [6.07, 6.45) is 3.68. The Morgan fingerprint density at radius 1 is 1.00 bits per heavy atom. The van der Waals surface area contributed by atoms with Crippen LogP contribution in [0.5, 0.6) is 0 Å². The van der Waals surface area contributed by atoms with Crippen LogP contribution in [0.15, 0.2) is 46.9 Å². The molecule has 0 saturated heterocycles. The molecule has 0 bridgehead atoms. The van der Waals surface area contributed by atoms with Crippen LogP contribution in [0.3, 0.4) is 0 Å². The molecule has 3 nitrogen and oxygen atoms in total. The van der Waals surface area contributed by atoms with Gasteiger partial charge in [0.2, 0.25) is 0 Å². The van der Waals surface area contributed by atoms with E-state index < -0.39 is 0 Å². The van der Waals surface area contributed by atoms with E-state index in [0.717, 1.165) is 5.56 Å². The van der Waals surface area contributed by atoms with Gasteiger partial charge in [0.05, 0.1) is 6.20 Å². The van der Waals surface area contributed by atoms with Crippen LogP contribution in [-0.2, 0) is 0 Å². The zero-order valence-electron chi connectivity index (χ0n) is 11.0. The van der Waals surface area contributed by atoms with Crippen LogP contribution in [-0.4, -0.2) is 17.1 Å². The molecule has 1 aromatic rings. The minimum absolute atomic E-state index is 0.365. The highest BCUT2D eigenvalue weighted by Gasteiger charge is 2.09. The van der Waals surface area contributed by atoms with Crippen molar-refractivity contribution in [3.8, 4) is 0 Å². The third-order valence-electron chi connectivity index (χ3n) is 2.35. The van der Waals surface area contributed by atoms with Gasteiger partial charge in [-0.15, -0.1) is 5.11 Å². The van der Waals surface area contributed by atoms with Crippen molar-refractivity contribution in [2.75, 3.05) is 0 Å². The lowest BCUT2D eigenvalue weighted by molar-refractivity contribution is 0.169. The first-order valence-corrected chi connectivity index (χ1v) is 6.02. The Bertz CT molecular complexity index is 358. The van der Waals surface area contributed by atoms with Crippen molar-refractivity contribution in [2.24, 2.45) is 10.3 Å². The van der Waals surface area contributed by atoms with Gasteiger partial charge in [0.25, 0.3) is 0 Å². The Hall–Kier alpha value is -1.64. The van der Waals surface area contributed by atoms with E-state index in [1.807, 2.05) is 41.4 Å². The van der Waals surface area contributed by atoms with E-state index in [1.54, 1.807) is 6.20 Å². The van der Waals surface area contributed by atoms with Crippen LogP contribution < -0.4 is 0 Å². The Kier molecular flexibility index (Phi) is 5.40. The fraction of sp³-hybridized carbons (Fsp3) is 0.429.